The number of quaternary nitrogens is 1. The van der Waals surface area contributed by atoms with Crippen LogP contribution in [-0.4, -0.2) is 23.9 Å². The van der Waals surface area contributed by atoms with Gasteiger partial charge < -0.3 is 10.1 Å². The van der Waals surface area contributed by atoms with E-state index >= 15 is 0 Å². The summed E-state index contributed by atoms with van der Waals surface area (Å²) in [7, 11) is 0. The molecule has 1 fully saturated rings. The van der Waals surface area contributed by atoms with Crippen LogP contribution >= 0.6 is 11.8 Å². The number of carbonyl (C=O) groups excluding carboxylic acids is 1. The molecule has 3 aliphatic rings. The lowest BCUT2D eigenvalue weighted by atomic mass is 9.97. The number of aliphatic imine (C=N–C) groups is 1. The Balaban J connectivity index is 1.56. The molecular weight excluding hydrogens is 455 g/mol. The van der Waals surface area contributed by atoms with E-state index in [4.69, 9.17) is 4.74 Å². The van der Waals surface area contributed by atoms with Gasteiger partial charge in [-0.2, -0.15) is 23.2 Å². The second kappa shape index (κ2) is 7.57. The van der Waals surface area contributed by atoms with Gasteiger partial charge in [0.1, 0.15) is 12.0 Å². The molecule has 0 radical (unpaired) electrons. The van der Waals surface area contributed by atoms with Gasteiger partial charge in [-0.3, -0.25) is 4.79 Å². The number of rotatable bonds is 2. The predicted octanol–water partition coefficient (Wildman–Crippen LogP) is 2.99. The van der Waals surface area contributed by atoms with Crippen LogP contribution in [0.1, 0.15) is 22.4 Å². The van der Waals surface area contributed by atoms with Gasteiger partial charge in [-0.1, -0.05) is 12.1 Å². The summed E-state index contributed by atoms with van der Waals surface area (Å²) in [4.78, 5) is 15.6. The van der Waals surface area contributed by atoms with Gasteiger partial charge in [0.25, 0.3) is 16.8 Å². The molecule has 2 aromatic carbocycles. The molecule has 1 saturated heterocycles. The Hall–Kier alpha value is -2.96. The highest BCUT2D eigenvalue weighted by Crippen LogP contribution is 2.45. The first-order chi connectivity index (χ1) is 15.2. The molecule has 0 saturated carbocycles. The lowest BCUT2D eigenvalue weighted by molar-refractivity contribution is -0.825. The number of nitrogens with one attached hydrogen (secondary N) is 3. The minimum Gasteiger partial charge on any atom is -0.478 e. The quantitative estimate of drug-likeness (QED) is 0.592. The number of anilines is 1. The first-order valence-electron chi connectivity index (χ1n) is 9.38. The van der Waals surface area contributed by atoms with Crippen molar-refractivity contribution >= 4 is 28.5 Å². The third-order valence-electron chi connectivity index (χ3n) is 5.19. The SMILES string of the molecule is O=C1COc2c(F)cc(C3SC4=NC=C(C(F)(F)F)[NH+]4NC3c3ccc(F)cc3)cc2N1. The molecule has 32 heavy (non-hydrogen) atoms. The van der Waals surface area contributed by atoms with Crippen LogP contribution in [0.5, 0.6) is 5.75 Å². The summed E-state index contributed by atoms with van der Waals surface area (Å²) in [5.41, 5.74) is 2.99. The van der Waals surface area contributed by atoms with Crippen molar-refractivity contribution in [1.29, 1.82) is 0 Å². The molecule has 3 N–H and O–H groups in total. The van der Waals surface area contributed by atoms with Crippen molar-refractivity contribution in [3.8, 4) is 5.75 Å². The molecule has 5 rings (SSSR count). The Morgan fingerprint density at radius 2 is 1.88 bits per heavy atom. The summed E-state index contributed by atoms with van der Waals surface area (Å²) in [5, 5.41) is 1.83. The summed E-state index contributed by atoms with van der Waals surface area (Å²) in [6.45, 7) is -0.317. The number of amidine groups is 1. The van der Waals surface area contributed by atoms with Crippen molar-refractivity contribution in [2.45, 2.75) is 17.5 Å². The number of fused-ring (bicyclic) bond motifs is 2. The highest BCUT2D eigenvalue weighted by Gasteiger charge is 2.52. The zero-order valence-corrected chi connectivity index (χ0v) is 16.8. The first kappa shape index (κ1) is 20.9. The van der Waals surface area contributed by atoms with Crippen LogP contribution in [0.15, 0.2) is 53.3 Å². The topological polar surface area (TPSA) is 67.2 Å². The minimum atomic E-state index is -4.62. The van der Waals surface area contributed by atoms with E-state index in [1.165, 1.54) is 36.4 Å². The molecule has 12 heteroatoms. The van der Waals surface area contributed by atoms with Gasteiger partial charge in [0.2, 0.25) is 0 Å². The van der Waals surface area contributed by atoms with E-state index in [1.54, 1.807) is 0 Å². The number of amides is 1. The van der Waals surface area contributed by atoms with Crippen LogP contribution < -0.4 is 20.5 Å². The largest absolute Gasteiger partial charge is 0.478 e. The van der Waals surface area contributed by atoms with Crippen LogP contribution in [0.3, 0.4) is 0 Å². The highest BCUT2D eigenvalue weighted by molar-refractivity contribution is 8.13. The summed E-state index contributed by atoms with van der Waals surface area (Å²) < 4.78 is 73.7. The maximum Gasteiger partial charge on any atom is 0.471 e. The number of allylic oxidation sites excluding steroid dienone is 1. The van der Waals surface area contributed by atoms with Gasteiger partial charge in [0, 0.05) is 0 Å². The van der Waals surface area contributed by atoms with Crippen molar-refractivity contribution < 1.29 is 36.5 Å². The van der Waals surface area contributed by atoms with E-state index in [1.807, 2.05) is 0 Å². The Bertz CT molecular complexity index is 1170. The molecule has 0 bridgehead atoms. The molecule has 0 spiro atoms. The number of ether oxygens (including phenoxy) is 1. The van der Waals surface area contributed by atoms with E-state index in [0.717, 1.165) is 18.0 Å². The monoisotopic (exact) mass is 469 g/mol. The number of alkyl halides is 3. The van der Waals surface area contributed by atoms with E-state index in [2.05, 4.69) is 15.7 Å². The lowest BCUT2D eigenvalue weighted by Crippen LogP contribution is -3.20. The van der Waals surface area contributed by atoms with Crippen LogP contribution in [0.25, 0.3) is 0 Å². The maximum absolute atomic E-state index is 14.7. The van der Waals surface area contributed by atoms with Crippen LogP contribution in [0.2, 0.25) is 0 Å². The third-order valence-corrected chi connectivity index (χ3v) is 6.52. The van der Waals surface area contributed by atoms with E-state index < -0.39 is 40.7 Å². The van der Waals surface area contributed by atoms with Gasteiger partial charge in [0.15, 0.2) is 18.2 Å². The van der Waals surface area contributed by atoms with Crippen molar-refractivity contribution in [1.82, 2.24) is 5.43 Å². The number of hydrogen-bond donors (Lipinski definition) is 3. The number of benzene rings is 2. The smallest absolute Gasteiger partial charge is 0.471 e. The molecule has 3 atom stereocenters. The van der Waals surface area contributed by atoms with Crippen LogP contribution in [0.4, 0.5) is 27.6 Å². The minimum absolute atomic E-state index is 0.105. The summed E-state index contributed by atoms with van der Waals surface area (Å²) >= 11 is 1.03. The second-order valence-corrected chi connectivity index (χ2v) is 8.41. The predicted molar refractivity (Wildman–Crippen MR) is 106 cm³/mol. The average molecular weight is 469 g/mol. The molecule has 3 unspecified atom stereocenters. The van der Waals surface area contributed by atoms with Crippen LogP contribution in [0, 0.1) is 11.6 Å². The lowest BCUT2D eigenvalue weighted by Gasteiger charge is -2.35. The number of halogens is 5. The number of carbonyl (C=O) groups is 1. The summed E-state index contributed by atoms with van der Waals surface area (Å²) in [6, 6.07) is 7.27. The van der Waals surface area contributed by atoms with Crippen molar-refractivity contribution in [3.05, 3.63) is 71.1 Å². The second-order valence-electron chi connectivity index (χ2n) is 7.28. The molecule has 6 nitrogen and oxygen atoms in total. The van der Waals surface area contributed by atoms with Crippen molar-refractivity contribution in [2.75, 3.05) is 11.9 Å². The Morgan fingerprint density at radius 3 is 2.59 bits per heavy atom. The highest BCUT2D eigenvalue weighted by atomic mass is 32.2. The molecule has 2 aromatic rings. The molecule has 1 amide bonds. The molecule has 0 aliphatic carbocycles. The zero-order valence-electron chi connectivity index (χ0n) is 16.0. The number of nitrogens with zero attached hydrogens (tertiary/aromatic N) is 1. The Labute approximate surface area is 182 Å². The Morgan fingerprint density at radius 1 is 1.12 bits per heavy atom. The fourth-order valence-electron chi connectivity index (χ4n) is 3.76. The van der Waals surface area contributed by atoms with E-state index in [0.29, 0.717) is 11.1 Å². The molecule has 0 aromatic heterocycles. The zero-order chi connectivity index (χ0) is 22.6. The fraction of sp³-hybridized carbons (Fsp3) is 0.200. The van der Waals surface area contributed by atoms with Gasteiger partial charge in [-0.05, 0) is 47.2 Å². The van der Waals surface area contributed by atoms with Crippen LogP contribution in [-0.2, 0) is 4.79 Å². The van der Waals surface area contributed by atoms with Gasteiger partial charge in [-0.15, -0.1) is 5.43 Å². The normalized spacial score (nSPS) is 24.7. The van der Waals surface area contributed by atoms with Gasteiger partial charge in [0.05, 0.1) is 17.0 Å². The maximum atomic E-state index is 14.7. The fourth-order valence-corrected chi connectivity index (χ4v) is 5.04. The van der Waals surface area contributed by atoms with Crippen molar-refractivity contribution in [3.63, 3.8) is 0 Å². The first-order valence-corrected chi connectivity index (χ1v) is 10.3. The third kappa shape index (κ3) is 3.63. The van der Waals surface area contributed by atoms with E-state index in [-0.39, 0.29) is 28.2 Å². The average Bonchev–Trinajstić information content (AvgIpc) is 3.16. The number of thioether (sulfide) groups is 1. The van der Waals surface area contributed by atoms with Gasteiger partial charge in [-0.25, -0.2) is 8.78 Å². The molecule has 3 aliphatic heterocycles. The molecule has 166 valence electrons. The van der Waals surface area contributed by atoms with Crippen molar-refractivity contribution in [2.24, 2.45) is 4.99 Å². The number of hydrogen-bond acceptors (Lipinski definition) is 5. The molecule has 3 heterocycles. The van der Waals surface area contributed by atoms with Gasteiger partial charge >= 0.3 is 6.18 Å². The molecular formula is C20H14F5N4O2S+. The summed E-state index contributed by atoms with van der Waals surface area (Å²) in [6.07, 6.45) is -3.87. The summed E-state index contributed by atoms with van der Waals surface area (Å²) in [5.74, 6) is -1.77. The van der Waals surface area contributed by atoms with E-state index in [9.17, 15) is 26.7 Å². The standard InChI is InChI=1S/C20H13F5N4O2S/c21-11-3-1-9(2-4-11)16-18(32-19-26-7-14(20(23,24)25)29(19)28-16)10-5-12(22)17-13(6-10)27-15(30)8-31-17/h1-7,16,18,28H,8H2,(H,27,30)/p+1. The Kier molecular flexibility index (Phi) is 4.95.